The predicted octanol–water partition coefficient (Wildman–Crippen LogP) is 7.85. The van der Waals surface area contributed by atoms with Gasteiger partial charge in [0.15, 0.2) is 0 Å². The summed E-state index contributed by atoms with van der Waals surface area (Å²) in [5.41, 5.74) is 4.79. The fourth-order valence-corrected chi connectivity index (χ4v) is 2.30. The number of hydrogen-bond acceptors (Lipinski definition) is 1. The van der Waals surface area contributed by atoms with Crippen LogP contribution in [0.5, 0.6) is 0 Å². The van der Waals surface area contributed by atoms with E-state index in [1.807, 2.05) is 26.0 Å². The van der Waals surface area contributed by atoms with Crippen molar-refractivity contribution in [3.63, 3.8) is 0 Å². The van der Waals surface area contributed by atoms with E-state index >= 15 is 0 Å². The van der Waals surface area contributed by atoms with Crippen molar-refractivity contribution in [2.24, 2.45) is 0 Å². The first kappa shape index (κ1) is 21.0. The van der Waals surface area contributed by atoms with Crippen LogP contribution in [0.25, 0.3) is 0 Å². The maximum Gasteiger partial charge on any atom is 0.0461 e. The van der Waals surface area contributed by atoms with Crippen molar-refractivity contribution < 1.29 is 0 Å². The molecule has 3 aromatic carbocycles. The third-order valence-electron chi connectivity index (χ3n) is 3.49. The second kappa shape index (κ2) is 12.3. The van der Waals surface area contributed by atoms with Crippen molar-refractivity contribution in [2.45, 2.75) is 20.8 Å². The molecule has 0 N–H and O–H groups in total. The van der Waals surface area contributed by atoms with Crippen molar-refractivity contribution in [3.05, 3.63) is 116 Å². The van der Waals surface area contributed by atoms with Gasteiger partial charge in [0.2, 0.25) is 0 Å². The standard InChI is InChI=1S/C19H17N.C4H6.C2H6/c1-16-12-14-19(15-13-16)20(17-8-4-2-5-9-17)18-10-6-3-7-11-18;1-3-4-2;1-2/h2-15H,1H3;3-4H,1-2H2;1-2H3. The number of rotatable bonds is 4. The molecular formula is C25H29N. The minimum atomic E-state index is 1.17. The third kappa shape index (κ3) is 6.45. The van der Waals surface area contributed by atoms with Crippen LogP contribution in [-0.4, -0.2) is 0 Å². The molecule has 0 radical (unpaired) electrons. The molecule has 26 heavy (non-hydrogen) atoms. The van der Waals surface area contributed by atoms with Crippen molar-refractivity contribution in [1.82, 2.24) is 0 Å². The van der Waals surface area contributed by atoms with Gasteiger partial charge in [-0.1, -0.05) is 93.3 Å². The van der Waals surface area contributed by atoms with E-state index in [0.717, 1.165) is 0 Å². The molecule has 134 valence electrons. The van der Waals surface area contributed by atoms with Crippen LogP contribution in [0.1, 0.15) is 19.4 Å². The first-order valence-corrected chi connectivity index (χ1v) is 8.96. The van der Waals surface area contributed by atoms with E-state index < -0.39 is 0 Å². The van der Waals surface area contributed by atoms with Gasteiger partial charge in [0.05, 0.1) is 0 Å². The van der Waals surface area contributed by atoms with Crippen LogP contribution in [0, 0.1) is 6.92 Å². The van der Waals surface area contributed by atoms with Crippen LogP contribution in [0.4, 0.5) is 17.1 Å². The molecule has 3 aromatic rings. The fraction of sp³-hybridized carbons (Fsp3) is 0.120. The number of hydrogen-bond donors (Lipinski definition) is 0. The van der Waals surface area contributed by atoms with Gasteiger partial charge in [0, 0.05) is 17.1 Å². The van der Waals surface area contributed by atoms with E-state index in [9.17, 15) is 0 Å². The highest BCUT2D eigenvalue weighted by atomic mass is 15.1. The Morgan fingerprint density at radius 1 is 0.577 bits per heavy atom. The van der Waals surface area contributed by atoms with Crippen LogP contribution >= 0.6 is 0 Å². The molecule has 0 aliphatic heterocycles. The third-order valence-corrected chi connectivity index (χ3v) is 3.49. The lowest BCUT2D eigenvalue weighted by molar-refractivity contribution is 1.27. The van der Waals surface area contributed by atoms with Crippen molar-refractivity contribution in [2.75, 3.05) is 4.90 Å². The van der Waals surface area contributed by atoms with E-state index in [0.29, 0.717) is 0 Å². The van der Waals surface area contributed by atoms with Crippen molar-refractivity contribution >= 4 is 17.1 Å². The molecule has 0 saturated heterocycles. The van der Waals surface area contributed by atoms with Crippen molar-refractivity contribution in [3.8, 4) is 0 Å². The molecule has 0 heterocycles. The van der Waals surface area contributed by atoms with Crippen molar-refractivity contribution in [1.29, 1.82) is 0 Å². The lowest BCUT2D eigenvalue weighted by atomic mass is 10.1. The Morgan fingerprint density at radius 3 is 1.27 bits per heavy atom. The summed E-state index contributed by atoms with van der Waals surface area (Å²) < 4.78 is 0. The van der Waals surface area contributed by atoms with E-state index in [1.165, 1.54) is 22.6 Å². The van der Waals surface area contributed by atoms with Gasteiger partial charge in [-0.3, -0.25) is 0 Å². The first-order chi connectivity index (χ1) is 12.8. The van der Waals surface area contributed by atoms with Crippen LogP contribution in [0.15, 0.2) is 110 Å². The second-order valence-electron chi connectivity index (χ2n) is 5.31. The van der Waals surface area contributed by atoms with Gasteiger partial charge in [-0.25, -0.2) is 0 Å². The smallest absolute Gasteiger partial charge is 0.0461 e. The lowest BCUT2D eigenvalue weighted by Crippen LogP contribution is -2.09. The summed E-state index contributed by atoms with van der Waals surface area (Å²) in [5.74, 6) is 0. The topological polar surface area (TPSA) is 3.24 Å². The molecule has 0 aliphatic carbocycles. The molecule has 1 heteroatoms. The number of nitrogens with zero attached hydrogens (tertiary/aromatic N) is 1. The molecule has 0 atom stereocenters. The highest BCUT2D eigenvalue weighted by molar-refractivity contribution is 5.76. The van der Waals surface area contributed by atoms with Crippen LogP contribution < -0.4 is 4.90 Å². The van der Waals surface area contributed by atoms with Gasteiger partial charge in [-0.15, -0.1) is 0 Å². The maximum atomic E-state index is 3.36. The molecule has 0 spiro atoms. The summed E-state index contributed by atoms with van der Waals surface area (Å²) in [5, 5.41) is 0. The Hall–Kier alpha value is -3.06. The van der Waals surface area contributed by atoms with E-state index in [-0.39, 0.29) is 0 Å². The van der Waals surface area contributed by atoms with Crippen LogP contribution in [-0.2, 0) is 0 Å². The summed E-state index contributed by atoms with van der Waals surface area (Å²) in [6, 6.07) is 29.5. The second-order valence-corrected chi connectivity index (χ2v) is 5.31. The zero-order chi connectivity index (χ0) is 19.2. The average Bonchev–Trinajstić information content (AvgIpc) is 2.73. The number of para-hydroxylation sites is 2. The lowest BCUT2D eigenvalue weighted by Gasteiger charge is -2.25. The largest absolute Gasteiger partial charge is 0.311 e. The van der Waals surface area contributed by atoms with Crippen LogP contribution in [0.3, 0.4) is 0 Å². The van der Waals surface area contributed by atoms with E-state index in [2.05, 4.69) is 97.8 Å². The Morgan fingerprint density at radius 2 is 0.923 bits per heavy atom. The Balaban J connectivity index is 0.000000500. The summed E-state index contributed by atoms with van der Waals surface area (Å²) in [6.45, 7) is 12.8. The highest BCUT2D eigenvalue weighted by Crippen LogP contribution is 2.33. The Labute approximate surface area is 158 Å². The molecule has 0 bridgehead atoms. The molecule has 1 nitrogen and oxygen atoms in total. The monoisotopic (exact) mass is 343 g/mol. The summed E-state index contributed by atoms with van der Waals surface area (Å²) >= 11 is 0. The molecule has 0 fully saturated rings. The minimum absolute atomic E-state index is 1.17. The van der Waals surface area contributed by atoms with Gasteiger partial charge < -0.3 is 4.90 Å². The Kier molecular flexibility index (Phi) is 9.95. The van der Waals surface area contributed by atoms with Gasteiger partial charge in [0.1, 0.15) is 0 Å². The molecular weight excluding hydrogens is 314 g/mol. The molecule has 0 unspecified atom stereocenters. The van der Waals surface area contributed by atoms with Gasteiger partial charge >= 0.3 is 0 Å². The number of allylic oxidation sites excluding steroid dienone is 2. The number of aryl methyl sites for hydroxylation is 1. The molecule has 0 aromatic heterocycles. The van der Waals surface area contributed by atoms with Gasteiger partial charge in [0.25, 0.3) is 0 Å². The summed E-state index contributed by atoms with van der Waals surface area (Å²) in [4.78, 5) is 2.26. The molecule has 0 saturated carbocycles. The average molecular weight is 344 g/mol. The maximum absolute atomic E-state index is 3.36. The summed E-state index contributed by atoms with van der Waals surface area (Å²) in [6.07, 6.45) is 3.28. The molecule has 0 amide bonds. The first-order valence-electron chi connectivity index (χ1n) is 8.96. The summed E-state index contributed by atoms with van der Waals surface area (Å²) in [7, 11) is 0. The SMILES string of the molecule is C=CC=C.CC.Cc1ccc(N(c2ccccc2)c2ccccc2)cc1. The number of benzene rings is 3. The molecule has 0 aliphatic rings. The highest BCUT2D eigenvalue weighted by Gasteiger charge is 2.10. The zero-order valence-electron chi connectivity index (χ0n) is 16.1. The van der Waals surface area contributed by atoms with E-state index in [1.54, 1.807) is 12.2 Å². The molecule has 3 rings (SSSR count). The quantitative estimate of drug-likeness (QED) is 0.436. The minimum Gasteiger partial charge on any atom is -0.311 e. The Bertz CT molecular complexity index is 698. The van der Waals surface area contributed by atoms with Gasteiger partial charge in [-0.2, -0.15) is 0 Å². The predicted molar refractivity (Wildman–Crippen MR) is 118 cm³/mol. The fourth-order valence-electron chi connectivity index (χ4n) is 2.30. The van der Waals surface area contributed by atoms with Crippen LogP contribution in [0.2, 0.25) is 0 Å². The zero-order valence-corrected chi connectivity index (χ0v) is 16.1. The van der Waals surface area contributed by atoms with E-state index in [4.69, 9.17) is 0 Å². The number of anilines is 3. The normalized spacial score (nSPS) is 8.88. The van der Waals surface area contributed by atoms with Gasteiger partial charge in [-0.05, 0) is 43.3 Å².